The van der Waals surface area contributed by atoms with Crippen LogP contribution in [0, 0.1) is 0 Å². The molecule has 2 N–H and O–H groups in total. The number of thiocarbonyl (C=S) groups is 1. The molecule has 0 saturated heterocycles. The van der Waals surface area contributed by atoms with Gasteiger partial charge in [-0.2, -0.15) is 0 Å². The second kappa shape index (κ2) is 9.10. The minimum Gasteiger partial charge on any atom is -0.436 e. The highest BCUT2D eigenvalue weighted by molar-refractivity contribution is 7.80. The average molecular weight is 430 g/mol. The lowest BCUT2D eigenvalue weighted by atomic mass is 10.1. The molecule has 1 amide bonds. The van der Waals surface area contributed by atoms with E-state index in [1.165, 1.54) is 11.1 Å². The molecule has 0 atom stereocenters. The normalized spacial score (nSPS) is 10.8. The van der Waals surface area contributed by atoms with Crippen LogP contribution in [0.5, 0.6) is 0 Å². The number of aryl methyl sites for hydroxylation is 2. The Kier molecular flexibility index (Phi) is 6.09. The van der Waals surface area contributed by atoms with Crippen LogP contribution >= 0.6 is 12.2 Å². The standard InChI is InChI=1S/C25H23N3O2S/c1-3-16-5-9-18(10-6-16)23(29)28-25(31)26-20-13-14-22-21(15-20)27-24(30-22)19-11-7-17(4-2)8-12-19/h5-15H,3-4H2,1-2H3,(H2,26,28,29,31). The summed E-state index contributed by atoms with van der Waals surface area (Å²) in [4.78, 5) is 17.0. The van der Waals surface area contributed by atoms with Crippen molar-refractivity contribution >= 4 is 40.0 Å². The maximum atomic E-state index is 12.4. The molecule has 31 heavy (non-hydrogen) atoms. The minimum atomic E-state index is -0.250. The van der Waals surface area contributed by atoms with Crippen LogP contribution in [0.4, 0.5) is 5.69 Å². The molecule has 0 aliphatic rings. The molecule has 0 saturated carbocycles. The number of benzene rings is 3. The fourth-order valence-electron chi connectivity index (χ4n) is 3.24. The second-order valence-corrected chi connectivity index (χ2v) is 7.62. The van der Waals surface area contributed by atoms with Gasteiger partial charge in [-0.1, -0.05) is 38.1 Å². The zero-order valence-electron chi connectivity index (χ0n) is 17.4. The monoisotopic (exact) mass is 429 g/mol. The molecule has 4 rings (SSSR count). The predicted molar refractivity (Wildman–Crippen MR) is 128 cm³/mol. The Hall–Kier alpha value is -3.51. The zero-order chi connectivity index (χ0) is 21.8. The van der Waals surface area contributed by atoms with E-state index in [4.69, 9.17) is 16.6 Å². The van der Waals surface area contributed by atoms with Crippen LogP contribution in [0.15, 0.2) is 71.1 Å². The van der Waals surface area contributed by atoms with E-state index in [2.05, 4.69) is 41.6 Å². The third-order valence-electron chi connectivity index (χ3n) is 5.11. The number of rotatable bonds is 5. The summed E-state index contributed by atoms with van der Waals surface area (Å²) in [5.74, 6) is 0.321. The summed E-state index contributed by atoms with van der Waals surface area (Å²) in [6.45, 7) is 4.20. The SMILES string of the molecule is CCc1ccc(C(=O)NC(=S)Nc2ccc3oc(-c4ccc(CC)cc4)nc3c2)cc1. The number of carbonyl (C=O) groups excluding carboxylic acids is 1. The van der Waals surface area contributed by atoms with Gasteiger partial charge < -0.3 is 9.73 Å². The van der Waals surface area contributed by atoms with Gasteiger partial charge in [0.2, 0.25) is 5.89 Å². The number of aromatic nitrogens is 1. The molecule has 0 fully saturated rings. The quantitative estimate of drug-likeness (QED) is 0.396. The highest BCUT2D eigenvalue weighted by Crippen LogP contribution is 2.26. The van der Waals surface area contributed by atoms with Crippen LogP contribution in [-0.2, 0) is 12.8 Å². The van der Waals surface area contributed by atoms with Gasteiger partial charge >= 0.3 is 0 Å². The van der Waals surface area contributed by atoms with E-state index in [0.717, 1.165) is 24.1 Å². The first-order valence-electron chi connectivity index (χ1n) is 10.3. The number of amides is 1. The largest absolute Gasteiger partial charge is 0.436 e. The van der Waals surface area contributed by atoms with Crippen LogP contribution in [0.25, 0.3) is 22.6 Å². The van der Waals surface area contributed by atoms with Crippen LogP contribution < -0.4 is 10.6 Å². The Morgan fingerprint density at radius 2 is 1.58 bits per heavy atom. The van der Waals surface area contributed by atoms with Crippen molar-refractivity contribution in [2.75, 3.05) is 5.32 Å². The van der Waals surface area contributed by atoms with Crippen LogP contribution in [0.3, 0.4) is 0 Å². The molecule has 0 radical (unpaired) electrons. The molecular weight excluding hydrogens is 406 g/mol. The molecule has 6 heteroatoms. The maximum Gasteiger partial charge on any atom is 0.257 e. The Morgan fingerprint density at radius 1 is 0.935 bits per heavy atom. The molecule has 0 unspecified atom stereocenters. The number of hydrogen-bond acceptors (Lipinski definition) is 4. The van der Waals surface area contributed by atoms with Crippen molar-refractivity contribution in [1.82, 2.24) is 10.3 Å². The Labute approximate surface area is 186 Å². The number of hydrogen-bond donors (Lipinski definition) is 2. The molecular formula is C25H23N3O2S. The van der Waals surface area contributed by atoms with Crippen LogP contribution in [0.2, 0.25) is 0 Å². The lowest BCUT2D eigenvalue weighted by Crippen LogP contribution is -2.34. The third kappa shape index (κ3) is 4.81. The lowest BCUT2D eigenvalue weighted by Gasteiger charge is -2.09. The van der Waals surface area contributed by atoms with E-state index in [9.17, 15) is 4.79 Å². The topological polar surface area (TPSA) is 67.2 Å². The molecule has 0 aliphatic heterocycles. The number of nitrogens with zero attached hydrogens (tertiary/aromatic N) is 1. The van der Waals surface area contributed by atoms with Gasteiger partial charge in [-0.3, -0.25) is 10.1 Å². The first kappa shape index (κ1) is 20.8. The van der Waals surface area contributed by atoms with Crippen molar-refractivity contribution in [3.05, 3.63) is 83.4 Å². The number of nitrogens with one attached hydrogen (secondary N) is 2. The number of oxazole rings is 1. The minimum absolute atomic E-state index is 0.225. The van der Waals surface area contributed by atoms with Gasteiger partial charge in [-0.05, 0) is 78.7 Å². The van der Waals surface area contributed by atoms with E-state index < -0.39 is 0 Å². The first-order valence-corrected chi connectivity index (χ1v) is 10.7. The van der Waals surface area contributed by atoms with Gasteiger partial charge in [0.05, 0.1) is 0 Å². The fraction of sp³-hybridized carbons (Fsp3) is 0.160. The summed E-state index contributed by atoms with van der Waals surface area (Å²) in [5, 5.41) is 5.97. The first-order chi connectivity index (χ1) is 15.1. The van der Waals surface area contributed by atoms with Gasteiger partial charge in [-0.25, -0.2) is 4.98 Å². The van der Waals surface area contributed by atoms with Gasteiger partial charge in [0.15, 0.2) is 10.7 Å². The molecule has 0 spiro atoms. The number of fused-ring (bicyclic) bond motifs is 1. The van der Waals surface area contributed by atoms with Crippen molar-refractivity contribution in [1.29, 1.82) is 0 Å². The summed E-state index contributed by atoms with van der Waals surface area (Å²) in [6.07, 6.45) is 1.92. The summed E-state index contributed by atoms with van der Waals surface area (Å²) in [6, 6.07) is 21.2. The Morgan fingerprint density at radius 3 is 2.23 bits per heavy atom. The second-order valence-electron chi connectivity index (χ2n) is 7.21. The van der Waals surface area contributed by atoms with E-state index in [1.807, 2.05) is 42.5 Å². The molecule has 1 heterocycles. The van der Waals surface area contributed by atoms with Crippen LogP contribution in [-0.4, -0.2) is 16.0 Å². The summed E-state index contributed by atoms with van der Waals surface area (Å²) in [7, 11) is 0. The number of anilines is 1. The fourth-order valence-corrected chi connectivity index (χ4v) is 3.45. The van der Waals surface area contributed by atoms with Crippen molar-refractivity contribution < 1.29 is 9.21 Å². The average Bonchev–Trinajstić information content (AvgIpc) is 3.22. The Balaban J connectivity index is 1.45. The van der Waals surface area contributed by atoms with Crippen molar-refractivity contribution in [2.45, 2.75) is 26.7 Å². The molecule has 0 bridgehead atoms. The van der Waals surface area contributed by atoms with Gasteiger partial charge in [0, 0.05) is 16.8 Å². The van der Waals surface area contributed by atoms with Crippen molar-refractivity contribution in [3.8, 4) is 11.5 Å². The van der Waals surface area contributed by atoms with Crippen LogP contribution in [0.1, 0.15) is 35.3 Å². The molecule has 0 aliphatic carbocycles. The van der Waals surface area contributed by atoms with Crippen molar-refractivity contribution in [2.24, 2.45) is 0 Å². The maximum absolute atomic E-state index is 12.4. The zero-order valence-corrected chi connectivity index (χ0v) is 18.3. The number of carbonyl (C=O) groups is 1. The Bertz CT molecular complexity index is 1230. The summed E-state index contributed by atoms with van der Waals surface area (Å²) in [5.41, 5.74) is 6.06. The lowest BCUT2D eigenvalue weighted by molar-refractivity contribution is 0.0977. The van der Waals surface area contributed by atoms with Gasteiger partial charge in [0.1, 0.15) is 5.52 Å². The van der Waals surface area contributed by atoms with E-state index in [0.29, 0.717) is 22.6 Å². The molecule has 4 aromatic rings. The van der Waals surface area contributed by atoms with Crippen molar-refractivity contribution in [3.63, 3.8) is 0 Å². The molecule has 5 nitrogen and oxygen atoms in total. The van der Waals surface area contributed by atoms with E-state index in [-0.39, 0.29) is 11.0 Å². The summed E-state index contributed by atoms with van der Waals surface area (Å²) >= 11 is 5.30. The molecule has 156 valence electrons. The van der Waals surface area contributed by atoms with Gasteiger partial charge in [0.25, 0.3) is 5.91 Å². The van der Waals surface area contributed by atoms with Gasteiger partial charge in [-0.15, -0.1) is 0 Å². The predicted octanol–water partition coefficient (Wildman–Crippen LogP) is 5.75. The molecule has 1 aromatic heterocycles. The van der Waals surface area contributed by atoms with E-state index >= 15 is 0 Å². The van der Waals surface area contributed by atoms with E-state index in [1.54, 1.807) is 12.1 Å². The molecule has 3 aromatic carbocycles. The third-order valence-corrected chi connectivity index (χ3v) is 5.31. The smallest absolute Gasteiger partial charge is 0.257 e. The highest BCUT2D eigenvalue weighted by atomic mass is 32.1. The summed E-state index contributed by atoms with van der Waals surface area (Å²) < 4.78 is 5.89. The highest BCUT2D eigenvalue weighted by Gasteiger charge is 2.11.